The van der Waals surface area contributed by atoms with Gasteiger partial charge in [0.25, 0.3) is 12.4 Å². The number of nitrogens with one attached hydrogen (secondary N) is 1. The zero-order chi connectivity index (χ0) is 18.8. The Labute approximate surface area is 157 Å². The second kappa shape index (κ2) is 5.95. The Morgan fingerprint density at radius 2 is 2.11 bits per heavy atom. The standard InChI is InChI=1S/C18H18F2N4O2S/c1-18(25,16(19)20)12-3-2-11(15-21-4-5-27-15)14-13(12)23-17(26-14)24-7-9-6-10(8-24)22-9/h2-5,9-10,16,22,25H,6-8H2,1H3. The van der Waals surface area contributed by atoms with Crippen molar-refractivity contribution in [2.75, 3.05) is 18.0 Å². The number of nitrogens with zero attached hydrogens (tertiary/aromatic N) is 3. The van der Waals surface area contributed by atoms with Gasteiger partial charge in [-0.15, -0.1) is 11.3 Å². The molecule has 3 unspecified atom stereocenters. The van der Waals surface area contributed by atoms with Crippen molar-refractivity contribution in [3.05, 3.63) is 29.3 Å². The number of fused-ring (bicyclic) bond motifs is 3. The fourth-order valence-electron chi connectivity index (χ4n) is 3.85. The summed E-state index contributed by atoms with van der Waals surface area (Å²) >= 11 is 1.43. The molecule has 3 fully saturated rings. The van der Waals surface area contributed by atoms with E-state index in [0.29, 0.717) is 34.3 Å². The Kier molecular flexibility index (Phi) is 3.75. The minimum atomic E-state index is -2.95. The average Bonchev–Trinajstić information content (AvgIpc) is 3.30. The van der Waals surface area contributed by atoms with Gasteiger partial charge in [-0.05, 0) is 19.4 Å². The zero-order valence-corrected chi connectivity index (χ0v) is 15.3. The van der Waals surface area contributed by atoms with Crippen molar-refractivity contribution in [1.82, 2.24) is 15.3 Å². The van der Waals surface area contributed by atoms with Crippen LogP contribution in [0.25, 0.3) is 21.7 Å². The molecule has 142 valence electrons. The molecule has 6 nitrogen and oxygen atoms in total. The summed E-state index contributed by atoms with van der Waals surface area (Å²) in [5.41, 5.74) is -0.934. The third-order valence-electron chi connectivity index (χ3n) is 5.36. The van der Waals surface area contributed by atoms with Crippen molar-refractivity contribution in [3.8, 4) is 10.6 Å². The summed E-state index contributed by atoms with van der Waals surface area (Å²) in [6, 6.07) is 4.36. The Bertz CT molecular complexity index is 973. The van der Waals surface area contributed by atoms with E-state index < -0.39 is 12.0 Å². The van der Waals surface area contributed by atoms with Crippen LogP contribution in [0.2, 0.25) is 0 Å². The van der Waals surface area contributed by atoms with Crippen LogP contribution in [0.3, 0.4) is 0 Å². The summed E-state index contributed by atoms with van der Waals surface area (Å²) in [6.45, 7) is 2.62. The van der Waals surface area contributed by atoms with Gasteiger partial charge in [-0.25, -0.2) is 13.8 Å². The highest BCUT2D eigenvalue weighted by atomic mass is 32.1. The second-order valence-electron chi connectivity index (χ2n) is 7.32. The summed E-state index contributed by atoms with van der Waals surface area (Å²) in [6.07, 6.45) is -0.138. The lowest BCUT2D eigenvalue weighted by molar-refractivity contribution is -0.0874. The van der Waals surface area contributed by atoms with Gasteiger partial charge in [0.2, 0.25) is 0 Å². The molecule has 3 aliphatic rings. The van der Waals surface area contributed by atoms with Crippen molar-refractivity contribution in [3.63, 3.8) is 0 Å². The number of anilines is 1. The van der Waals surface area contributed by atoms with Crippen molar-refractivity contribution in [2.24, 2.45) is 0 Å². The van der Waals surface area contributed by atoms with Crippen LogP contribution in [0, 0.1) is 0 Å². The molecule has 2 N–H and O–H groups in total. The Balaban J connectivity index is 1.67. The van der Waals surface area contributed by atoms with Crippen LogP contribution in [0.15, 0.2) is 28.1 Å². The molecule has 3 atom stereocenters. The fourth-order valence-corrected chi connectivity index (χ4v) is 4.51. The maximum Gasteiger partial charge on any atom is 0.298 e. The van der Waals surface area contributed by atoms with Crippen LogP contribution in [-0.4, -0.2) is 46.7 Å². The van der Waals surface area contributed by atoms with Gasteiger partial charge >= 0.3 is 0 Å². The zero-order valence-electron chi connectivity index (χ0n) is 14.5. The van der Waals surface area contributed by atoms with Crippen molar-refractivity contribution < 1.29 is 18.3 Å². The highest BCUT2D eigenvalue weighted by Crippen LogP contribution is 2.40. The first kappa shape index (κ1) is 17.0. The number of rotatable bonds is 4. The normalized spacial score (nSPS) is 24.3. The van der Waals surface area contributed by atoms with Crippen LogP contribution in [-0.2, 0) is 5.60 Å². The molecule has 0 radical (unpaired) electrons. The maximum atomic E-state index is 13.5. The molecule has 2 aromatic heterocycles. The quantitative estimate of drug-likeness (QED) is 0.711. The van der Waals surface area contributed by atoms with Gasteiger partial charge in [-0.2, -0.15) is 4.98 Å². The van der Waals surface area contributed by atoms with E-state index in [4.69, 9.17) is 4.42 Å². The number of halogens is 2. The Morgan fingerprint density at radius 3 is 2.74 bits per heavy atom. The molecule has 0 amide bonds. The van der Waals surface area contributed by atoms with E-state index >= 15 is 0 Å². The maximum absolute atomic E-state index is 13.5. The summed E-state index contributed by atoms with van der Waals surface area (Å²) < 4.78 is 33.0. The molecule has 0 saturated carbocycles. The first-order chi connectivity index (χ1) is 12.9. The largest absolute Gasteiger partial charge is 0.423 e. The SMILES string of the molecule is CC(O)(c1ccc(-c2nccs2)c2oc(N3CC4CC(C3)N4)nc12)C(F)F. The number of piperidine rings is 1. The van der Waals surface area contributed by atoms with E-state index in [9.17, 15) is 13.9 Å². The van der Waals surface area contributed by atoms with E-state index in [1.165, 1.54) is 17.4 Å². The van der Waals surface area contributed by atoms with Gasteiger partial charge in [0.05, 0.1) is 5.56 Å². The molecule has 6 rings (SSSR count). The molecule has 3 aliphatic heterocycles. The van der Waals surface area contributed by atoms with Crippen LogP contribution >= 0.6 is 11.3 Å². The topological polar surface area (TPSA) is 74.4 Å². The Morgan fingerprint density at radius 1 is 1.37 bits per heavy atom. The third kappa shape index (κ3) is 2.64. The van der Waals surface area contributed by atoms with Crippen LogP contribution < -0.4 is 10.2 Å². The molecular formula is C18H18F2N4O2S. The molecular weight excluding hydrogens is 374 g/mol. The number of thiazole rings is 1. The lowest BCUT2D eigenvalue weighted by atomic mass is 9.92. The minimum Gasteiger partial charge on any atom is -0.423 e. The molecule has 0 spiro atoms. The summed E-state index contributed by atoms with van der Waals surface area (Å²) in [4.78, 5) is 10.9. The van der Waals surface area contributed by atoms with Crippen molar-refractivity contribution >= 4 is 28.5 Å². The number of piperazine rings is 1. The molecule has 5 heterocycles. The predicted molar refractivity (Wildman–Crippen MR) is 98.2 cm³/mol. The van der Waals surface area contributed by atoms with Crippen molar-refractivity contribution in [2.45, 2.75) is 37.5 Å². The van der Waals surface area contributed by atoms with Crippen LogP contribution in [0.1, 0.15) is 18.9 Å². The number of benzene rings is 1. The number of aromatic nitrogens is 2. The van der Waals surface area contributed by atoms with Gasteiger partial charge in [0.15, 0.2) is 5.58 Å². The number of alkyl halides is 2. The van der Waals surface area contributed by atoms with E-state index in [0.717, 1.165) is 26.4 Å². The third-order valence-corrected chi connectivity index (χ3v) is 6.16. The van der Waals surface area contributed by atoms with Gasteiger partial charge in [-0.1, -0.05) is 6.07 Å². The lowest BCUT2D eigenvalue weighted by Crippen LogP contribution is -2.67. The number of hydrogen-bond acceptors (Lipinski definition) is 7. The number of oxazole rings is 1. The van der Waals surface area contributed by atoms with Crippen LogP contribution in [0.4, 0.5) is 14.8 Å². The van der Waals surface area contributed by atoms with E-state index in [2.05, 4.69) is 15.3 Å². The molecule has 2 bridgehead atoms. The van der Waals surface area contributed by atoms with Gasteiger partial charge in [0, 0.05) is 42.3 Å². The first-order valence-corrected chi connectivity index (χ1v) is 9.67. The van der Waals surface area contributed by atoms with Crippen LogP contribution in [0.5, 0.6) is 0 Å². The molecule has 3 aromatic rings. The number of aliphatic hydroxyl groups is 1. The van der Waals surface area contributed by atoms with Crippen molar-refractivity contribution in [1.29, 1.82) is 0 Å². The summed E-state index contributed by atoms with van der Waals surface area (Å²) in [7, 11) is 0. The minimum absolute atomic E-state index is 0.0584. The molecule has 0 aliphatic carbocycles. The van der Waals surface area contributed by atoms with E-state index in [-0.39, 0.29) is 11.1 Å². The fraction of sp³-hybridized carbons (Fsp3) is 0.444. The van der Waals surface area contributed by atoms with Gasteiger partial charge in [-0.3, -0.25) is 0 Å². The molecule has 3 saturated heterocycles. The Hall–Kier alpha value is -2.10. The van der Waals surface area contributed by atoms with E-state index in [1.807, 2.05) is 10.3 Å². The first-order valence-electron chi connectivity index (χ1n) is 8.79. The summed E-state index contributed by atoms with van der Waals surface area (Å²) in [5, 5.41) is 16.4. The smallest absolute Gasteiger partial charge is 0.298 e. The predicted octanol–water partition coefficient (Wildman–Crippen LogP) is 2.97. The number of hydrogen-bond donors (Lipinski definition) is 2. The molecule has 1 aromatic carbocycles. The second-order valence-corrected chi connectivity index (χ2v) is 8.22. The molecule has 27 heavy (non-hydrogen) atoms. The summed E-state index contributed by atoms with van der Waals surface area (Å²) in [5.74, 6) is 0. The monoisotopic (exact) mass is 392 g/mol. The van der Waals surface area contributed by atoms with Gasteiger partial charge < -0.3 is 19.7 Å². The lowest BCUT2D eigenvalue weighted by Gasteiger charge is -2.47. The average molecular weight is 392 g/mol. The van der Waals surface area contributed by atoms with Gasteiger partial charge in [0.1, 0.15) is 16.1 Å². The highest BCUT2D eigenvalue weighted by Gasteiger charge is 2.40. The van der Waals surface area contributed by atoms with E-state index in [1.54, 1.807) is 12.3 Å². The highest BCUT2D eigenvalue weighted by molar-refractivity contribution is 7.13. The molecule has 9 heteroatoms.